The van der Waals surface area contributed by atoms with Gasteiger partial charge in [-0.3, -0.25) is 0 Å². The maximum atomic E-state index is 7.18. The van der Waals surface area contributed by atoms with Crippen LogP contribution in [-0.4, -0.2) is 24.0 Å². The van der Waals surface area contributed by atoms with Crippen molar-refractivity contribution in [1.29, 1.82) is 5.26 Å². The van der Waals surface area contributed by atoms with Crippen molar-refractivity contribution in [1.82, 2.24) is 4.90 Å². The number of likely N-dealkylation sites (tertiary alicyclic amines) is 1. The third kappa shape index (κ3) is 5.95. The molecule has 0 bridgehead atoms. The summed E-state index contributed by atoms with van der Waals surface area (Å²) in [6.45, 7) is 7.32. The molecule has 1 fully saturated rings. The van der Waals surface area contributed by atoms with E-state index in [1.54, 1.807) is 0 Å². The van der Waals surface area contributed by atoms with Gasteiger partial charge in [-0.1, -0.05) is 26.0 Å². The van der Waals surface area contributed by atoms with Gasteiger partial charge in [0.15, 0.2) is 0 Å². The normalized spacial score (nSPS) is 18.6. The number of nitriles is 1. The molecule has 0 aromatic heterocycles. The number of hydrogen-bond donors (Lipinski definition) is 1. The molecule has 2 nitrogen and oxygen atoms in total. The zero-order valence-corrected chi connectivity index (χ0v) is 9.56. The van der Waals surface area contributed by atoms with Gasteiger partial charge in [0.2, 0.25) is 0 Å². The predicted molar refractivity (Wildman–Crippen MR) is 59.8 cm³/mol. The second kappa shape index (κ2) is 8.40. The largest absolute Gasteiger partial charge is 0.301 e. The standard InChI is InChI=1S/C9H19N.CHNS/c1-3-6-9(2)10-7-4-5-8-10;2-1-3/h9H,3-8H2,1-2H3;3H. The summed E-state index contributed by atoms with van der Waals surface area (Å²) in [5.41, 5.74) is 0. The molecule has 0 N–H and O–H groups in total. The van der Waals surface area contributed by atoms with Crippen molar-refractivity contribution in [2.75, 3.05) is 13.1 Å². The lowest BCUT2D eigenvalue weighted by Crippen LogP contribution is -2.29. The van der Waals surface area contributed by atoms with Crippen molar-refractivity contribution >= 4 is 12.6 Å². The van der Waals surface area contributed by atoms with E-state index in [0.717, 1.165) is 6.04 Å². The van der Waals surface area contributed by atoms with Crippen molar-refractivity contribution in [3.63, 3.8) is 0 Å². The van der Waals surface area contributed by atoms with Gasteiger partial charge in [0.25, 0.3) is 0 Å². The first-order chi connectivity index (χ1) is 6.26. The Kier molecular flexibility index (Phi) is 8.27. The van der Waals surface area contributed by atoms with Crippen LogP contribution in [0.5, 0.6) is 0 Å². The van der Waals surface area contributed by atoms with Crippen LogP contribution in [0.1, 0.15) is 39.5 Å². The molecule has 0 spiro atoms. The Morgan fingerprint density at radius 1 is 1.46 bits per heavy atom. The van der Waals surface area contributed by atoms with Gasteiger partial charge in [0.1, 0.15) is 5.40 Å². The quantitative estimate of drug-likeness (QED) is 0.560. The third-order valence-electron chi connectivity index (χ3n) is 2.47. The molecule has 1 atom stereocenters. The molecule has 3 heteroatoms. The fraction of sp³-hybridized carbons (Fsp3) is 0.900. The van der Waals surface area contributed by atoms with Gasteiger partial charge < -0.3 is 4.90 Å². The van der Waals surface area contributed by atoms with Crippen molar-refractivity contribution in [2.24, 2.45) is 0 Å². The molecule has 1 aliphatic rings. The Labute approximate surface area is 87.3 Å². The van der Waals surface area contributed by atoms with E-state index in [0.29, 0.717) is 0 Å². The number of thiol groups is 1. The lowest BCUT2D eigenvalue weighted by Gasteiger charge is -2.22. The summed E-state index contributed by atoms with van der Waals surface area (Å²) in [5.74, 6) is 0. The molecule has 1 aliphatic heterocycles. The predicted octanol–water partition coefficient (Wildman–Crippen LogP) is 2.67. The van der Waals surface area contributed by atoms with Crippen LogP contribution < -0.4 is 0 Å². The molecule has 0 aromatic carbocycles. The van der Waals surface area contributed by atoms with Gasteiger partial charge in [-0.15, -0.1) is 0 Å². The van der Waals surface area contributed by atoms with E-state index in [2.05, 4.69) is 31.4 Å². The van der Waals surface area contributed by atoms with Crippen LogP contribution in [0.3, 0.4) is 0 Å². The van der Waals surface area contributed by atoms with Crippen molar-refractivity contribution in [3.05, 3.63) is 0 Å². The highest BCUT2D eigenvalue weighted by atomic mass is 32.1. The average Bonchev–Trinajstić information content (AvgIpc) is 2.58. The van der Waals surface area contributed by atoms with Gasteiger partial charge in [-0.05, 0) is 39.3 Å². The SMILES string of the molecule is CCCC(C)N1CCCC1.N#CS. The van der Waals surface area contributed by atoms with E-state index in [1.165, 1.54) is 44.2 Å². The first-order valence-electron chi connectivity index (χ1n) is 5.03. The Hall–Kier alpha value is -0.200. The summed E-state index contributed by atoms with van der Waals surface area (Å²) < 4.78 is 0. The Morgan fingerprint density at radius 3 is 2.31 bits per heavy atom. The number of nitrogens with zero attached hydrogens (tertiary/aromatic N) is 2. The summed E-state index contributed by atoms with van der Waals surface area (Å²) in [6.07, 6.45) is 5.56. The minimum absolute atomic E-state index is 0.840. The van der Waals surface area contributed by atoms with Crippen molar-refractivity contribution < 1.29 is 0 Å². The van der Waals surface area contributed by atoms with E-state index in [-0.39, 0.29) is 0 Å². The van der Waals surface area contributed by atoms with Crippen molar-refractivity contribution in [3.8, 4) is 5.40 Å². The molecule has 1 heterocycles. The monoisotopic (exact) mass is 200 g/mol. The summed E-state index contributed by atoms with van der Waals surface area (Å²) in [7, 11) is 0. The number of thiocyanates is 1. The first-order valence-corrected chi connectivity index (χ1v) is 5.48. The second-order valence-electron chi connectivity index (χ2n) is 3.48. The number of hydrogen-bond acceptors (Lipinski definition) is 3. The zero-order valence-electron chi connectivity index (χ0n) is 8.66. The van der Waals surface area contributed by atoms with Gasteiger partial charge >= 0.3 is 0 Å². The number of rotatable bonds is 3. The van der Waals surface area contributed by atoms with Crippen LogP contribution >= 0.6 is 12.6 Å². The van der Waals surface area contributed by atoms with Gasteiger partial charge in [0, 0.05) is 6.04 Å². The van der Waals surface area contributed by atoms with Gasteiger partial charge in [-0.25, -0.2) is 0 Å². The Bertz CT molecular complexity index is 147. The van der Waals surface area contributed by atoms with E-state index >= 15 is 0 Å². The minimum Gasteiger partial charge on any atom is -0.301 e. The first kappa shape index (κ1) is 12.8. The summed E-state index contributed by atoms with van der Waals surface area (Å²) in [5, 5.41) is 8.63. The summed E-state index contributed by atoms with van der Waals surface area (Å²) in [6, 6.07) is 0.840. The Balaban J connectivity index is 0.000000424. The maximum Gasteiger partial charge on any atom is 0.130 e. The fourth-order valence-electron chi connectivity index (χ4n) is 1.78. The summed E-state index contributed by atoms with van der Waals surface area (Å²) >= 11 is 3.09. The van der Waals surface area contributed by atoms with Crippen LogP contribution in [0.2, 0.25) is 0 Å². The molecule has 1 saturated heterocycles. The van der Waals surface area contributed by atoms with Crippen LogP contribution in [-0.2, 0) is 0 Å². The molecule has 0 radical (unpaired) electrons. The highest BCUT2D eigenvalue weighted by molar-refractivity contribution is 7.85. The second-order valence-corrected chi connectivity index (χ2v) is 3.68. The van der Waals surface area contributed by atoms with Gasteiger partial charge in [-0.2, -0.15) is 5.26 Å². The molecule has 0 amide bonds. The van der Waals surface area contributed by atoms with Gasteiger partial charge in [0.05, 0.1) is 0 Å². The Morgan fingerprint density at radius 2 is 1.92 bits per heavy atom. The highest BCUT2D eigenvalue weighted by Crippen LogP contribution is 2.14. The molecule has 13 heavy (non-hydrogen) atoms. The van der Waals surface area contributed by atoms with E-state index < -0.39 is 0 Å². The molecule has 0 aromatic rings. The molecule has 0 aliphatic carbocycles. The lowest BCUT2D eigenvalue weighted by molar-refractivity contribution is 0.246. The minimum atomic E-state index is 0.840. The smallest absolute Gasteiger partial charge is 0.130 e. The van der Waals surface area contributed by atoms with Crippen LogP contribution in [0.4, 0.5) is 0 Å². The third-order valence-corrected chi connectivity index (χ3v) is 2.47. The molecule has 1 unspecified atom stereocenters. The molecular formula is C10H20N2S. The van der Waals surface area contributed by atoms with E-state index in [9.17, 15) is 0 Å². The van der Waals surface area contributed by atoms with Crippen LogP contribution in [0, 0.1) is 10.7 Å². The average molecular weight is 200 g/mol. The maximum absolute atomic E-state index is 7.18. The highest BCUT2D eigenvalue weighted by Gasteiger charge is 2.16. The van der Waals surface area contributed by atoms with Crippen molar-refractivity contribution in [2.45, 2.75) is 45.6 Å². The lowest BCUT2D eigenvalue weighted by atomic mass is 10.2. The van der Waals surface area contributed by atoms with E-state index in [1.807, 2.05) is 0 Å². The van der Waals surface area contributed by atoms with Crippen LogP contribution in [0.15, 0.2) is 0 Å². The van der Waals surface area contributed by atoms with Crippen LogP contribution in [0.25, 0.3) is 0 Å². The fourth-order valence-corrected chi connectivity index (χ4v) is 1.78. The molecule has 0 saturated carbocycles. The van der Waals surface area contributed by atoms with E-state index in [4.69, 9.17) is 5.26 Å². The topological polar surface area (TPSA) is 27.0 Å². The molecule has 1 rings (SSSR count). The summed E-state index contributed by atoms with van der Waals surface area (Å²) in [4.78, 5) is 2.61. The molecular weight excluding hydrogens is 180 g/mol. The zero-order chi connectivity index (χ0) is 10.1. The molecule has 76 valence electrons.